The van der Waals surface area contributed by atoms with Crippen molar-refractivity contribution in [2.45, 2.75) is 53.5 Å². The average molecular weight is 310 g/mol. The van der Waals surface area contributed by atoms with Gasteiger partial charge in [-0.2, -0.15) is 0 Å². The van der Waals surface area contributed by atoms with E-state index in [-0.39, 0.29) is 0 Å². The van der Waals surface area contributed by atoms with E-state index in [0.29, 0.717) is 5.92 Å². The van der Waals surface area contributed by atoms with Crippen LogP contribution < -0.4 is 10.2 Å². The molecule has 0 saturated carbocycles. The summed E-state index contributed by atoms with van der Waals surface area (Å²) in [7, 11) is 0. The molecule has 0 radical (unpaired) electrons. The van der Waals surface area contributed by atoms with Crippen molar-refractivity contribution in [3.63, 3.8) is 0 Å². The van der Waals surface area contributed by atoms with Gasteiger partial charge in [0.15, 0.2) is 5.13 Å². The summed E-state index contributed by atoms with van der Waals surface area (Å²) in [5, 5.41) is 6.92. The van der Waals surface area contributed by atoms with Crippen LogP contribution in [0.4, 0.5) is 5.13 Å². The minimum absolute atomic E-state index is 0.696. The van der Waals surface area contributed by atoms with Crippen molar-refractivity contribution in [1.29, 1.82) is 0 Å². The van der Waals surface area contributed by atoms with Gasteiger partial charge in [-0.05, 0) is 43.6 Å². The molecule has 0 spiro atoms. The Morgan fingerprint density at radius 2 is 2.10 bits per heavy atom. The number of nitrogens with zero attached hydrogens (tertiary/aromatic N) is 2. The molecule has 2 rings (SSSR count). The second kappa shape index (κ2) is 8.14. The van der Waals surface area contributed by atoms with Crippen LogP contribution in [0.3, 0.4) is 0 Å². The summed E-state index contributed by atoms with van der Waals surface area (Å²) >= 11 is 1.81. The molecule has 4 heteroatoms. The summed E-state index contributed by atoms with van der Waals surface area (Å²) in [5.74, 6) is 2.40. The molecular weight excluding hydrogens is 278 g/mol. The average Bonchev–Trinajstić information content (AvgIpc) is 2.74. The van der Waals surface area contributed by atoms with Crippen LogP contribution in [-0.2, 0) is 6.54 Å². The molecule has 0 aliphatic carbocycles. The lowest BCUT2D eigenvalue weighted by molar-refractivity contribution is 0.351. The lowest BCUT2D eigenvalue weighted by Crippen LogP contribution is -2.24. The number of hydrogen-bond acceptors (Lipinski definition) is 4. The summed E-state index contributed by atoms with van der Waals surface area (Å²) in [4.78, 5) is 7.32. The van der Waals surface area contributed by atoms with E-state index in [0.717, 1.165) is 24.9 Å². The summed E-state index contributed by atoms with van der Waals surface area (Å²) in [6, 6.07) is 0. The monoisotopic (exact) mass is 309 g/mol. The van der Waals surface area contributed by atoms with Gasteiger partial charge in [0.25, 0.3) is 0 Å². The van der Waals surface area contributed by atoms with Gasteiger partial charge in [0.05, 0.1) is 5.69 Å². The molecular formula is C17H31N3S. The molecule has 1 saturated heterocycles. The zero-order valence-corrected chi connectivity index (χ0v) is 14.9. The third-order valence-electron chi connectivity index (χ3n) is 4.38. The van der Waals surface area contributed by atoms with Crippen molar-refractivity contribution in [1.82, 2.24) is 10.3 Å². The van der Waals surface area contributed by atoms with Gasteiger partial charge in [0, 0.05) is 25.0 Å². The molecule has 1 N–H and O–H groups in total. The van der Waals surface area contributed by atoms with Crippen molar-refractivity contribution in [3.05, 3.63) is 11.1 Å². The van der Waals surface area contributed by atoms with Gasteiger partial charge in [0.2, 0.25) is 0 Å². The first kappa shape index (κ1) is 16.8. The van der Waals surface area contributed by atoms with Crippen LogP contribution in [0.2, 0.25) is 0 Å². The highest BCUT2D eigenvalue weighted by molar-refractivity contribution is 7.13. The van der Waals surface area contributed by atoms with Crippen LogP contribution >= 0.6 is 11.3 Å². The van der Waals surface area contributed by atoms with E-state index in [1.807, 2.05) is 11.3 Å². The highest BCUT2D eigenvalue weighted by Crippen LogP contribution is 2.28. The van der Waals surface area contributed by atoms with Crippen LogP contribution in [0.1, 0.15) is 52.7 Å². The molecule has 3 nitrogen and oxygen atoms in total. The van der Waals surface area contributed by atoms with E-state index in [4.69, 9.17) is 4.98 Å². The predicted octanol–water partition coefficient (Wildman–Crippen LogP) is 4.15. The molecule has 0 aromatic carbocycles. The molecule has 1 aromatic heterocycles. The fraction of sp³-hybridized carbons (Fsp3) is 0.824. The first-order valence-electron chi connectivity index (χ1n) is 8.46. The molecule has 1 aliphatic rings. The number of hydrogen-bond donors (Lipinski definition) is 1. The molecule has 1 unspecified atom stereocenters. The Hall–Kier alpha value is -0.610. The first-order chi connectivity index (χ1) is 10.1. The molecule has 120 valence electrons. The van der Waals surface area contributed by atoms with Gasteiger partial charge in [-0.1, -0.05) is 27.7 Å². The van der Waals surface area contributed by atoms with Crippen molar-refractivity contribution in [3.8, 4) is 0 Å². The fourth-order valence-electron chi connectivity index (χ4n) is 2.99. The van der Waals surface area contributed by atoms with Gasteiger partial charge in [-0.15, -0.1) is 11.3 Å². The molecule has 0 amide bonds. The molecule has 1 atom stereocenters. The smallest absolute Gasteiger partial charge is 0.185 e. The molecule has 1 aliphatic heterocycles. The van der Waals surface area contributed by atoms with E-state index < -0.39 is 0 Å². The van der Waals surface area contributed by atoms with Crippen molar-refractivity contribution < 1.29 is 0 Å². The van der Waals surface area contributed by atoms with Crippen LogP contribution in [0, 0.1) is 17.8 Å². The van der Waals surface area contributed by atoms with Gasteiger partial charge in [-0.25, -0.2) is 4.98 Å². The number of nitrogens with one attached hydrogen (secondary N) is 1. The number of anilines is 1. The van der Waals surface area contributed by atoms with Crippen molar-refractivity contribution in [2.24, 2.45) is 17.8 Å². The number of thiazole rings is 1. The van der Waals surface area contributed by atoms with Crippen LogP contribution in [-0.4, -0.2) is 24.6 Å². The van der Waals surface area contributed by atoms with E-state index in [2.05, 4.69) is 43.3 Å². The lowest BCUT2D eigenvalue weighted by Gasteiger charge is -2.20. The largest absolute Gasteiger partial charge is 0.348 e. The number of rotatable bonds is 6. The SMILES string of the molecule is CC(C)CNCc1csc(N2CCCC(C(C)C)CC2)n1. The van der Waals surface area contributed by atoms with E-state index in [1.165, 1.54) is 43.2 Å². The molecule has 2 heterocycles. The Morgan fingerprint density at radius 1 is 1.29 bits per heavy atom. The summed E-state index contributed by atoms with van der Waals surface area (Å²) in [6.07, 6.45) is 4.00. The number of aromatic nitrogens is 1. The maximum Gasteiger partial charge on any atom is 0.185 e. The molecule has 1 aromatic rings. The topological polar surface area (TPSA) is 28.2 Å². The Morgan fingerprint density at radius 3 is 2.81 bits per heavy atom. The Labute approximate surface area is 134 Å². The zero-order chi connectivity index (χ0) is 15.2. The van der Waals surface area contributed by atoms with Gasteiger partial charge >= 0.3 is 0 Å². The first-order valence-corrected chi connectivity index (χ1v) is 9.34. The second-order valence-corrected chi connectivity index (χ2v) is 7.90. The maximum atomic E-state index is 4.82. The zero-order valence-electron chi connectivity index (χ0n) is 14.1. The Balaban J connectivity index is 1.86. The standard InChI is InChI=1S/C17H31N3S/c1-13(2)10-18-11-16-12-21-17(19-16)20-8-5-6-15(7-9-20)14(3)4/h12-15,18H,5-11H2,1-4H3. The highest BCUT2D eigenvalue weighted by atomic mass is 32.1. The van der Waals surface area contributed by atoms with E-state index >= 15 is 0 Å². The molecule has 21 heavy (non-hydrogen) atoms. The van der Waals surface area contributed by atoms with Crippen LogP contribution in [0.25, 0.3) is 0 Å². The van der Waals surface area contributed by atoms with Gasteiger partial charge in [0.1, 0.15) is 0 Å². The van der Waals surface area contributed by atoms with E-state index in [9.17, 15) is 0 Å². The van der Waals surface area contributed by atoms with Gasteiger partial charge < -0.3 is 10.2 Å². The van der Waals surface area contributed by atoms with Crippen LogP contribution in [0.15, 0.2) is 5.38 Å². The fourth-order valence-corrected chi connectivity index (χ4v) is 3.87. The molecule has 1 fully saturated rings. The Kier molecular flexibility index (Phi) is 6.49. The second-order valence-electron chi connectivity index (χ2n) is 7.07. The van der Waals surface area contributed by atoms with Crippen LogP contribution in [0.5, 0.6) is 0 Å². The predicted molar refractivity (Wildman–Crippen MR) is 93.1 cm³/mol. The quantitative estimate of drug-likeness (QED) is 0.855. The van der Waals surface area contributed by atoms with E-state index in [1.54, 1.807) is 0 Å². The highest BCUT2D eigenvalue weighted by Gasteiger charge is 2.21. The summed E-state index contributed by atoms with van der Waals surface area (Å²) in [5.41, 5.74) is 1.19. The minimum Gasteiger partial charge on any atom is -0.348 e. The Bertz CT molecular complexity index is 414. The lowest BCUT2D eigenvalue weighted by atomic mass is 9.89. The summed E-state index contributed by atoms with van der Waals surface area (Å²) < 4.78 is 0. The normalized spacial score (nSPS) is 20.3. The third kappa shape index (κ3) is 5.26. The van der Waals surface area contributed by atoms with Crippen molar-refractivity contribution in [2.75, 3.05) is 24.5 Å². The minimum atomic E-state index is 0.696. The maximum absolute atomic E-state index is 4.82. The molecule has 0 bridgehead atoms. The summed E-state index contributed by atoms with van der Waals surface area (Å²) in [6.45, 7) is 13.5. The van der Waals surface area contributed by atoms with Gasteiger partial charge in [-0.3, -0.25) is 0 Å². The third-order valence-corrected chi connectivity index (χ3v) is 5.33. The van der Waals surface area contributed by atoms with Crippen molar-refractivity contribution >= 4 is 16.5 Å².